The first-order chi connectivity index (χ1) is 21.5. The highest BCUT2D eigenvalue weighted by Gasteiger charge is 2.37. The molecule has 6 aromatic rings. The van der Waals surface area contributed by atoms with Crippen LogP contribution in [0.15, 0.2) is 79.3 Å². The van der Waals surface area contributed by atoms with Gasteiger partial charge >= 0.3 is 0 Å². The van der Waals surface area contributed by atoms with Gasteiger partial charge in [0.05, 0.1) is 29.4 Å². The fraction of sp³-hybridized carbons (Fsp3) is 0.303. The Balaban J connectivity index is 1.25. The van der Waals surface area contributed by atoms with Crippen LogP contribution in [0.2, 0.25) is 5.02 Å². The van der Waals surface area contributed by atoms with Gasteiger partial charge < -0.3 is 19.9 Å². The second kappa shape index (κ2) is 12.0. The van der Waals surface area contributed by atoms with Gasteiger partial charge in [0.1, 0.15) is 0 Å². The van der Waals surface area contributed by atoms with Gasteiger partial charge in [-0.25, -0.2) is 9.97 Å². The normalized spacial score (nSPS) is 15.3. The molecule has 1 atom stereocenters. The van der Waals surface area contributed by atoms with E-state index in [4.69, 9.17) is 16.6 Å². The molecule has 2 N–H and O–H groups in total. The van der Waals surface area contributed by atoms with Crippen molar-refractivity contribution in [2.45, 2.75) is 31.4 Å². The monoisotopic (exact) mass is 607 g/mol. The van der Waals surface area contributed by atoms with Crippen molar-refractivity contribution >= 4 is 28.3 Å². The van der Waals surface area contributed by atoms with Gasteiger partial charge in [-0.1, -0.05) is 59.2 Å². The van der Waals surface area contributed by atoms with E-state index >= 15 is 0 Å². The molecule has 4 heterocycles. The van der Waals surface area contributed by atoms with Crippen molar-refractivity contribution in [2.24, 2.45) is 7.05 Å². The van der Waals surface area contributed by atoms with Gasteiger partial charge in [-0.3, -0.25) is 0 Å². The maximum absolute atomic E-state index is 12.7. The Bertz CT molecular complexity index is 1910. The third-order valence-electron chi connectivity index (χ3n) is 8.58. The first kappa shape index (κ1) is 28.5. The molecule has 0 spiro atoms. The quantitative estimate of drug-likeness (QED) is 0.218. The summed E-state index contributed by atoms with van der Waals surface area (Å²) in [6.07, 6.45) is 7.20. The van der Waals surface area contributed by atoms with Gasteiger partial charge in [0.15, 0.2) is 5.60 Å². The molecule has 10 nitrogen and oxygen atoms in total. The summed E-state index contributed by atoms with van der Waals surface area (Å²) in [6.45, 7) is 5.38. The minimum absolute atomic E-state index is 0.377. The van der Waals surface area contributed by atoms with Crippen LogP contribution >= 0.6 is 11.6 Å². The number of rotatable bonds is 10. The van der Waals surface area contributed by atoms with E-state index in [0.717, 1.165) is 53.6 Å². The van der Waals surface area contributed by atoms with Crippen LogP contribution in [0.25, 0.3) is 27.9 Å². The van der Waals surface area contributed by atoms with E-state index in [1.165, 1.54) is 25.9 Å². The second-order valence-electron chi connectivity index (χ2n) is 11.5. The number of aliphatic hydroxyl groups is 1. The van der Waals surface area contributed by atoms with Gasteiger partial charge in [0.25, 0.3) is 5.78 Å². The van der Waals surface area contributed by atoms with E-state index in [2.05, 4.69) is 42.9 Å². The zero-order valence-electron chi connectivity index (χ0n) is 24.6. The number of tetrazole rings is 1. The molecule has 1 saturated heterocycles. The van der Waals surface area contributed by atoms with Crippen molar-refractivity contribution in [1.82, 2.24) is 44.8 Å². The largest absolute Gasteiger partial charge is 0.374 e. The predicted octanol–water partition coefficient (Wildman–Crippen LogP) is 4.59. The average Bonchev–Trinajstić information content (AvgIpc) is 3.83. The van der Waals surface area contributed by atoms with Gasteiger partial charge in [-0.05, 0) is 96.8 Å². The van der Waals surface area contributed by atoms with Crippen LogP contribution in [0.5, 0.6) is 0 Å². The van der Waals surface area contributed by atoms with E-state index in [-0.39, 0.29) is 0 Å². The lowest BCUT2D eigenvalue weighted by molar-refractivity contribution is 0.117. The van der Waals surface area contributed by atoms with Gasteiger partial charge in [-0.15, -0.1) is 0 Å². The van der Waals surface area contributed by atoms with E-state index in [1.54, 1.807) is 17.0 Å². The maximum Gasteiger partial charge on any atom is 0.274 e. The highest BCUT2D eigenvalue weighted by atomic mass is 35.5. The number of nitrogens with one attached hydrogen (secondary N) is 1. The lowest BCUT2D eigenvalue weighted by atomic mass is 9.82. The number of fused-ring (bicyclic) bond motifs is 3. The standard InChI is InChI=1S/C33H34ClN9O/c1-41-22-36-21-30(41)33(44,25-10-8-23(9-11-25)20-35-14-5-17-42-15-2-3-16-42)26-12-13-29-28(19-26)31(24-6-4-7-27(34)18-24)37-32-38-39-40-43(29)32/h4,6-13,18-19,21-22,35,44H,2-3,5,14-17,20H2,1H3. The van der Waals surface area contributed by atoms with E-state index in [9.17, 15) is 5.11 Å². The zero-order valence-corrected chi connectivity index (χ0v) is 25.3. The smallest absolute Gasteiger partial charge is 0.274 e. The number of benzene rings is 3. The number of aromatic nitrogens is 7. The van der Waals surface area contributed by atoms with Crippen molar-refractivity contribution < 1.29 is 5.11 Å². The Labute approximate surface area is 260 Å². The molecule has 11 heteroatoms. The zero-order chi connectivity index (χ0) is 30.1. The Hall–Kier alpha value is -4.22. The van der Waals surface area contributed by atoms with Crippen LogP contribution in [0.4, 0.5) is 0 Å². The Morgan fingerprint density at radius 1 is 1.00 bits per heavy atom. The molecule has 44 heavy (non-hydrogen) atoms. The Morgan fingerprint density at radius 2 is 1.82 bits per heavy atom. The topological polar surface area (TPSA) is 109 Å². The first-order valence-electron chi connectivity index (χ1n) is 15.0. The maximum atomic E-state index is 12.7. The first-order valence-corrected chi connectivity index (χ1v) is 15.4. The molecule has 0 aliphatic carbocycles. The molecule has 0 amide bonds. The second-order valence-corrected chi connectivity index (χ2v) is 11.9. The minimum Gasteiger partial charge on any atom is -0.374 e. The molecule has 224 valence electrons. The molecular formula is C33H34ClN9O. The summed E-state index contributed by atoms with van der Waals surface area (Å²) in [5, 5.41) is 29.7. The summed E-state index contributed by atoms with van der Waals surface area (Å²) in [4.78, 5) is 11.7. The summed E-state index contributed by atoms with van der Waals surface area (Å²) in [5.41, 5.74) is 3.97. The van der Waals surface area contributed by atoms with Gasteiger partial charge in [-0.2, -0.15) is 4.52 Å². The van der Waals surface area contributed by atoms with Crippen molar-refractivity contribution in [3.8, 4) is 11.3 Å². The molecule has 1 fully saturated rings. The molecule has 0 radical (unpaired) electrons. The number of hydrogen-bond donors (Lipinski definition) is 2. The molecule has 3 aromatic heterocycles. The molecule has 3 aromatic carbocycles. The van der Waals surface area contributed by atoms with Crippen LogP contribution in [0, 0.1) is 0 Å². The number of nitrogens with zero attached hydrogens (tertiary/aromatic N) is 8. The number of halogens is 1. The van der Waals surface area contributed by atoms with Gasteiger partial charge in [0, 0.05) is 29.6 Å². The van der Waals surface area contributed by atoms with Crippen molar-refractivity contribution in [3.05, 3.63) is 107 Å². The van der Waals surface area contributed by atoms with Crippen molar-refractivity contribution in [1.29, 1.82) is 0 Å². The third kappa shape index (κ3) is 5.35. The summed E-state index contributed by atoms with van der Waals surface area (Å²) >= 11 is 6.37. The van der Waals surface area contributed by atoms with E-state index in [0.29, 0.717) is 27.8 Å². The van der Waals surface area contributed by atoms with Crippen LogP contribution in [0.1, 0.15) is 41.6 Å². The highest BCUT2D eigenvalue weighted by molar-refractivity contribution is 6.30. The third-order valence-corrected chi connectivity index (χ3v) is 8.81. The van der Waals surface area contributed by atoms with E-state index < -0.39 is 5.60 Å². The highest BCUT2D eigenvalue weighted by Crippen LogP contribution is 2.39. The van der Waals surface area contributed by atoms with Crippen LogP contribution in [-0.2, 0) is 19.2 Å². The Morgan fingerprint density at radius 3 is 2.59 bits per heavy atom. The fourth-order valence-corrected chi connectivity index (χ4v) is 6.45. The summed E-state index contributed by atoms with van der Waals surface area (Å²) in [6, 6.07) is 21.5. The van der Waals surface area contributed by atoms with E-state index in [1.807, 2.05) is 66.2 Å². The number of aryl methyl sites for hydroxylation is 1. The lowest BCUT2D eigenvalue weighted by Crippen LogP contribution is -2.31. The summed E-state index contributed by atoms with van der Waals surface area (Å²) in [5.74, 6) is 0.377. The molecule has 7 rings (SSSR count). The number of hydrogen-bond acceptors (Lipinski definition) is 8. The lowest BCUT2D eigenvalue weighted by Gasteiger charge is -2.30. The molecule has 1 aliphatic rings. The van der Waals surface area contributed by atoms with Crippen LogP contribution in [-0.4, -0.2) is 70.8 Å². The molecular weight excluding hydrogens is 574 g/mol. The predicted molar refractivity (Wildman–Crippen MR) is 170 cm³/mol. The minimum atomic E-state index is -1.50. The average molecular weight is 608 g/mol. The van der Waals surface area contributed by atoms with Crippen molar-refractivity contribution in [2.75, 3.05) is 26.2 Å². The van der Waals surface area contributed by atoms with Gasteiger partial charge in [0.2, 0.25) is 0 Å². The number of imidazole rings is 1. The van der Waals surface area contributed by atoms with Crippen molar-refractivity contribution in [3.63, 3.8) is 0 Å². The summed E-state index contributed by atoms with van der Waals surface area (Å²) < 4.78 is 3.45. The molecule has 0 bridgehead atoms. The van der Waals surface area contributed by atoms with Crippen LogP contribution < -0.4 is 5.32 Å². The Kier molecular flexibility index (Phi) is 7.82. The SMILES string of the molecule is Cn1cncc1C(O)(c1ccc(CNCCCN2CCCC2)cc1)c1ccc2c(c1)c(-c1cccc(Cl)c1)nc1nnnn12. The molecule has 1 aliphatic heterocycles. The molecule has 1 unspecified atom stereocenters. The fourth-order valence-electron chi connectivity index (χ4n) is 6.26. The molecule has 0 saturated carbocycles. The van der Waals surface area contributed by atoms with Crippen LogP contribution in [0.3, 0.4) is 0 Å². The summed E-state index contributed by atoms with van der Waals surface area (Å²) in [7, 11) is 1.89. The number of likely N-dealkylation sites (tertiary alicyclic amines) is 1.